The van der Waals surface area contributed by atoms with Crippen molar-refractivity contribution in [3.05, 3.63) is 70.5 Å². The van der Waals surface area contributed by atoms with Gasteiger partial charge in [-0.2, -0.15) is 0 Å². The molecular weight excluding hydrogens is 506 g/mol. The normalized spacial score (nSPS) is 13.9. The van der Waals surface area contributed by atoms with Gasteiger partial charge >= 0.3 is 0 Å². The van der Waals surface area contributed by atoms with Gasteiger partial charge in [-0.1, -0.05) is 55.5 Å². The summed E-state index contributed by atoms with van der Waals surface area (Å²) in [7, 11) is 0. The Morgan fingerprint density at radius 2 is 1.74 bits per heavy atom. The number of aromatic nitrogens is 2. The molecule has 0 saturated carbocycles. The van der Waals surface area contributed by atoms with Crippen molar-refractivity contribution < 1.29 is 4.79 Å². The van der Waals surface area contributed by atoms with E-state index in [-0.39, 0.29) is 5.91 Å². The van der Waals surface area contributed by atoms with Gasteiger partial charge in [-0.25, -0.2) is 0 Å². The van der Waals surface area contributed by atoms with Crippen LogP contribution in [0.4, 0.5) is 5.69 Å². The number of rotatable bonds is 13. The van der Waals surface area contributed by atoms with Crippen LogP contribution in [0.15, 0.2) is 48.7 Å². The van der Waals surface area contributed by atoms with Gasteiger partial charge in [-0.15, -0.1) is 0 Å². The molecule has 2 aromatic carbocycles. The van der Waals surface area contributed by atoms with Crippen LogP contribution in [-0.2, 0) is 24.1 Å². The first-order chi connectivity index (χ1) is 19.1. The number of H-pyrrole nitrogens is 1. The van der Waals surface area contributed by atoms with Gasteiger partial charge in [-0.3, -0.25) is 9.78 Å². The molecule has 1 atom stereocenters. The molecule has 4 aromatic rings. The van der Waals surface area contributed by atoms with E-state index in [9.17, 15) is 4.79 Å². The first-order valence-electron chi connectivity index (χ1n) is 14.5. The smallest absolute Gasteiger partial charge is 0.237 e. The van der Waals surface area contributed by atoms with Crippen LogP contribution in [0.3, 0.4) is 0 Å². The highest BCUT2D eigenvalue weighted by atomic mass is 35.5. The van der Waals surface area contributed by atoms with Crippen LogP contribution in [0.2, 0.25) is 5.02 Å². The second-order valence-electron chi connectivity index (χ2n) is 10.8. The quantitative estimate of drug-likeness (QED) is 0.141. The predicted molar refractivity (Wildman–Crippen MR) is 163 cm³/mol. The number of anilines is 1. The van der Waals surface area contributed by atoms with E-state index in [1.165, 1.54) is 54.4 Å². The van der Waals surface area contributed by atoms with Crippen molar-refractivity contribution in [1.29, 1.82) is 0 Å². The summed E-state index contributed by atoms with van der Waals surface area (Å²) in [6, 6.07) is 13.6. The molecule has 0 saturated heterocycles. The summed E-state index contributed by atoms with van der Waals surface area (Å²) < 4.78 is 0. The van der Waals surface area contributed by atoms with Crippen molar-refractivity contribution in [1.82, 2.24) is 15.3 Å². The van der Waals surface area contributed by atoms with Gasteiger partial charge in [0.25, 0.3) is 0 Å². The maximum atomic E-state index is 12.5. The standard InChI is InChI=1S/C32H40ClN5O/c33-23-15-16-26-30(20-23)38-29-14-8-6-12-25(29)31(26)35-17-9-3-1-2-4-10-18-36-32(39)27(34)19-22-21-37-28-13-7-5-11-24(22)28/h5,7,11,13,15-16,20-21,27,37H,1-4,6,8-10,12,14,17-19,34H2,(H,35,38)(H,36,39)/t27-/m0/s1. The summed E-state index contributed by atoms with van der Waals surface area (Å²) in [6.45, 7) is 1.66. The molecule has 2 heterocycles. The largest absolute Gasteiger partial charge is 0.384 e. The molecule has 0 radical (unpaired) electrons. The van der Waals surface area contributed by atoms with Gasteiger partial charge < -0.3 is 21.4 Å². The third-order valence-electron chi connectivity index (χ3n) is 7.88. The lowest BCUT2D eigenvalue weighted by Gasteiger charge is -2.22. The number of pyridine rings is 1. The molecule has 0 bridgehead atoms. The molecule has 0 fully saturated rings. The Morgan fingerprint density at radius 3 is 2.62 bits per heavy atom. The zero-order valence-corrected chi connectivity index (χ0v) is 23.5. The molecule has 1 aliphatic carbocycles. The van der Waals surface area contributed by atoms with Crippen molar-refractivity contribution in [3.63, 3.8) is 0 Å². The average Bonchev–Trinajstić information content (AvgIpc) is 3.35. The maximum absolute atomic E-state index is 12.5. The number of carbonyl (C=O) groups excluding carboxylic acids is 1. The Hall–Kier alpha value is -3.09. The van der Waals surface area contributed by atoms with Crippen LogP contribution in [0.5, 0.6) is 0 Å². The first-order valence-corrected chi connectivity index (χ1v) is 14.9. The number of nitrogens with one attached hydrogen (secondary N) is 3. The van der Waals surface area contributed by atoms with Crippen LogP contribution in [0.1, 0.15) is 68.2 Å². The zero-order chi connectivity index (χ0) is 27.0. The molecule has 5 N–H and O–H groups in total. The van der Waals surface area contributed by atoms with E-state index in [2.05, 4.69) is 27.8 Å². The lowest BCUT2D eigenvalue weighted by Crippen LogP contribution is -2.42. The predicted octanol–water partition coefficient (Wildman–Crippen LogP) is 6.69. The van der Waals surface area contributed by atoms with Gasteiger partial charge in [-0.05, 0) is 80.3 Å². The fraction of sp³-hybridized carbons (Fsp3) is 0.438. The van der Waals surface area contributed by atoms with Crippen LogP contribution in [0, 0.1) is 0 Å². The summed E-state index contributed by atoms with van der Waals surface area (Å²) in [5.41, 5.74) is 13.3. The fourth-order valence-corrected chi connectivity index (χ4v) is 5.91. The van der Waals surface area contributed by atoms with Gasteiger partial charge in [0.15, 0.2) is 0 Å². The number of hydrogen-bond donors (Lipinski definition) is 4. The first kappa shape index (κ1) is 27.5. The summed E-state index contributed by atoms with van der Waals surface area (Å²) >= 11 is 6.25. The van der Waals surface area contributed by atoms with E-state index in [1.807, 2.05) is 36.5 Å². The minimum absolute atomic E-state index is 0.0700. The second kappa shape index (κ2) is 13.3. The minimum atomic E-state index is -0.531. The number of unbranched alkanes of at least 4 members (excludes halogenated alkanes) is 5. The molecule has 0 aliphatic heterocycles. The molecule has 7 heteroatoms. The summed E-state index contributed by atoms with van der Waals surface area (Å²) in [5.74, 6) is -0.0700. The lowest BCUT2D eigenvalue weighted by atomic mass is 9.92. The highest BCUT2D eigenvalue weighted by Gasteiger charge is 2.18. The lowest BCUT2D eigenvalue weighted by molar-refractivity contribution is -0.122. The topological polar surface area (TPSA) is 95.8 Å². The van der Waals surface area contributed by atoms with E-state index >= 15 is 0 Å². The molecule has 2 aromatic heterocycles. The zero-order valence-electron chi connectivity index (χ0n) is 22.7. The van der Waals surface area contributed by atoms with Crippen LogP contribution in [-0.4, -0.2) is 35.0 Å². The fourth-order valence-electron chi connectivity index (χ4n) is 5.74. The van der Waals surface area contributed by atoms with Crippen LogP contribution < -0.4 is 16.4 Å². The number of para-hydroxylation sites is 1. The van der Waals surface area contributed by atoms with Crippen molar-refractivity contribution in [2.45, 2.75) is 76.7 Å². The highest BCUT2D eigenvalue weighted by molar-refractivity contribution is 6.31. The number of carbonyl (C=O) groups is 1. The Bertz CT molecular complexity index is 1410. The van der Waals surface area contributed by atoms with Gasteiger partial charge in [0.1, 0.15) is 0 Å². The number of amides is 1. The number of benzene rings is 2. The Morgan fingerprint density at radius 1 is 0.974 bits per heavy atom. The monoisotopic (exact) mass is 545 g/mol. The molecule has 0 spiro atoms. The maximum Gasteiger partial charge on any atom is 0.237 e. The van der Waals surface area contributed by atoms with E-state index in [4.69, 9.17) is 22.3 Å². The minimum Gasteiger partial charge on any atom is -0.384 e. The van der Waals surface area contributed by atoms with E-state index in [0.29, 0.717) is 13.0 Å². The number of nitrogens with zero attached hydrogens (tertiary/aromatic N) is 1. The third-order valence-corrected chi connectivity index (χ3v) is 8.12. The summed E-state index contributed by atoms with van der Waals surface area (Å²) in [5, 5.41) is 9.83. The molecule has 206 valence electrons. The van der Waals surface area contributed by atoms with Crippen LogP contribution >= 0.6 is 11.6 Å². The molecular formula is C32H40ClN5O. The van der Waals surface area contributed by atoms with E-state index in [1.54, 1.807) is 0 Å². The highest BCUT2D eigenvalue weighted by Crippen LogP contribution is 2.34. The average molecular weight is 546 g/mol. The van der Waals surface area contributed by atoms with E-state index in [0.717, 1.165) is 65.7 Å². The molecule has 5 rings (SSSR count). The Labute approximate surface area is 236 Å². The number of hydrogen-bond acceptors (Lipinski definition) is 4. The molecule has 1 aliphatic rings. The van der Waals surface area contributed by atoms with Crippen molar-refractivity contribution in [3.8, 4) is 0 Å². The number of halogens is 1. The molecule has 39 heavy (non-hydrogen) atoms. The Balaban J connectivity index is 0.970. The third kappa shape index (κ3) is 6.92. The number of nitrogens with two attached hydrogens (primary N) is 1. The molecule has 0 unspecified atom stereocenters. The Kier molecular flexibility index (Phi) is 9.38. The van der Waals surface area contributed by atoms with Gasteiger partial charge in [0.05, 0.1) is 11.6 Å². The SMILES string of the molecule is N[C@@H](Cc1c[nH]c2ccccc12)C(=O)NCCCCCCCCNc1c2c(nc3cc(Cl)ccc13)CCCC2. The number of fused-ring (bicyclic) bond motifs is 3. The summed E-state index contributed by atoms with van der Waals surface area (Å²) in [6.07, 6.45) is 14.0. The number of aromatic amines is 1. The second-order valence-corrected chi connectivity index (χ2v) is 11.2. The number of aryl methyl sites for hydroxylation is 1. The van der Waals surface area contributed by atoms with Crippen LogP contribution in [0.25, 0.3) is 21.8 Å². The van der Waals surface area contributed by atoms with Gasteiger partial charge in [0, 0.05) is 52.0 Å². The molecule has 6 nitrogen and oxygen atoms in total. The van der Waals surface area contributed by atoms with Gasteiger partial charge in [0.2, 0.25) is 5.91 Å². The van der Waals surface area contributed by atoms with Crippen molar-refractivity contribution in [2.75, 3.05) is 18.4 Å². The molecule has 1 amide bonds. The summed E-state index contributed by atoms with van der Waals surface area (Å²) in [4.78, 5) is 20.6. The van der Waals surface area contributed by atoms with Crippen molar-refractivity contribution in [2.24, 2.45) is 5.73 Å². The van der Waals surface area contributed by atoms with Crippen molar-refractivity contribution >= 4 is 45.0 Å². The van der Waals surface area contributed by atoms with E-state index < -0.39 is 6.04 Å².